The van der Waals surface area contributed by atoms with Gasteiger partial charge in [0.1, 0.15) is 50.1 Å². The minimum atomic E-state index is -3.11. The van der Waals surface area contributed by atoms with Crippen molar-refractivity contribution in [1.82, 2.24) is 9.80 Å². The lowest BCUT2D eigenvalue weighted by Crippen LogP contribution is -2.48. The van der Waals surface area contributed by atoms with E-state index in [4.69, 9.17) is 32.3 Å². The van der Waals surface area contributed by atoms with Gasteiger partial charge in [-0.2, -0.15) is 25.5 Å². The van der Waals surface area contributed by atoms with Gasteiger partial charge in [0.25, 0.3) is 5.91 Å². The van der Waals surface area contributed by atoms with Crippen molar-refractivity contribution < 1.29 is 40.0 Å². The molecule has 0 saturated heterocycles. The molecule has 0 spiro atoms. The van der Waals surface area contributed by atoms with E-state index in [1.807, 2.05) is 78.9 Å². The summed E-state index contributed by atoms with van der Waals surface area (Å²) in [6, 6.07) is 43.3. The van der Waals surface area contributed by atoms with Crippen molar-refractivity contribution in [3.63, 3.8) is 0 Å². The Kier molecular flexibility index (Phi) is 33.0. The molecule has 4 heterocycles. The normalized spacial score (nSPS) is 16.5. The van der Waals surface area contributed by atoms with Crippen LogP contribution in [0.25, 0.3) is 36.8 Å². The van der Waals surface area contributed by atoms with Crippen LogP contribution in [0, 0.1) is 60.4 Å². The summed E-state index contributed by atoms with van der Waals surface area (Å²) >= 11 is 0. The van der Waals surface area contributed by atoms with E-state index >= 15 is 9.59 Å². The molecule has 17 nitrogen and oxygen atoms in total. The molecule has 0 aromatic heterocycles. The van der Waals surface area contributed by atoms with Crippen molar-refractivity contribution >= 4 is 67.5 Å². The van der Waals surface area contributed by atoms with E-state index in [1.165, 1.54) is 9.80 Å². The van der Waals surface area contributed by atoms with Crippen LogP contribution < -0.4 is 14.7 Å². The number of nitriles is 3. The molecule has 1 aliphatic carbocycles. The van der Waals surface area contributed by atoms with E-state index in [2.05, 4.69) is 208 Å². The lowest BCUT2D eigenvalue weighted by Gasteiger charge is -2.48. The van der Waals surface area contributed by atoms with Gasteiger partial charge in [-0.15, -0.1) is 12.6 Å². The molecule has 5 aromatic rings. The second kappa shape index (κ2) is 42.7. The lowest BCUT2D eigenvalue weighted by molar-refractivity contribution is -0.527. The van der Waals surface area contributed by atoms with Crippen molar-refractivity contribution in [2.75, 3.05) is 54.0 Å². The first-order valence-corrected chi connectivity index (χ1v) is 41.7. The molecule has 0 fully saturated rings. The smallest absolute Gasteiger partial charge is 0.385 e. The number of allylic oxidation sites excluding steroid dienone is 11. The second-order valence-corrected chi connectivity index (χ2v) is 31.8. The Hall–Kier alpha value is -11.9. The summed E-state index contributed by atoms with van der Waals surface area (Å²) in [6.45, 7) is 54.3. The predicted molar refractivity (Wildman–Crippen MR) is 461 cm³/mol. The van der Waals surface area contributed by atoms with Crippen molar-refractivity contribution in [2.24, 2.45) is 0 Å². The van der Waals surface area contributed by atoms with Gasteiger partial charge in [0.05, 0.1) is 35.5 Å². The molecule has 608 valence electrons. The second-order valence-electron chi connectivity index (χ2n) is 31.4. The van der Waals surface area contributed by atoms with Crippen LogP contribution >= 0.6 is 0 Å². The van der Waals surface area contributed by atoms with Gasteiger partial charge >= 0.3 is 16.4 Å². The van der Waals surface area contributed by atoms with Gasteiger partial charge in [0.15, 0.2) is 18.0 Å². The summed E-state index contributed by atoms with van der Waals surface area (Å²) in [6.07, 6.45) is 29.9. The molecule has 0 radical (unpaired) electrons. The van der Waals surface area contributed by atoms with Crippen molar-refractivity contribution in [1.29, 1.82) is 15.8 Å². The number of amides is 2. The van der Waals surface area contributed by atoms with E-state index in [0.29, 0.717) is 11.1 Å². The zero-order valence-corrected chi connectivity index (χ0v) is 70.4. The topological polar surface area (TPSA) is 189 Å². The first-order valence-electron chi connectivity index (χ1n) is 40.7. The van der Waals surface area contributed by atoms with Crippen molar-refractivity contribution in [2.45, 2.75) is 209 Å². The molecule has 2 unspecified atom stereocenters. The number of rotatable bonds is 30. The average Bonchev–Trinajstić information content (AvgIpc) is 1.68. The zero-order valence-electron chi connectivity index (χ0n) is 69.6. The van der Waals surface area contributed by atoms with Crippen LogP contribution in [0.3, 0.4) is 0 Å². The van der Waals surface area contributed by atoms with Gasteiger partial charge in [-0.05, 0) is 193 Å². The van der Waals surface area contributed by atoms with E-state index in [9.17, 15) is 29.0 Å². The average molecular weight is 1600 g/mol. The van der Waals surface area contributed by atoms with Crippen LogP contribution in [-0.2, 0) is 33.3 Å². The SMILES string of the molecule is F[C-](F)F.O=S(=O)=O.[C-]#[N+]C([N+]#[C-])=C1C([N+]#[C-])=C(c2ccc3c(c2)C(C)CC(C)(C)N3CCCC)C(=O)N1Cc1ccc(C(=CC=CC(=C2C=CC(=[N+](CCCC)CCCC)C=C2)c2ccc(CN3C(=O)C(c4ccc5c(c4)C(C)CC(C)(C)N5CCCC)=C(C#N)C3=C(C#N)C#N)cc2)c2ccc(N(CCCC)CCCC)cc2)cc1. The monoisotopic (exact) mass is 1600 g/mol. The Morgan fingerprint density at radius 1 is 0.598 bits per heavy atom. The third kappa shape index (κ3) is 22.0. The Bertz CT molecular complexity index is 5140. The van der Waals surface area contributed by atoms with Gasteiger partial charge in [0.2, 0.25) is 11.6 Å². The molecule has 0 N–H and O–H groups in total. The van der Waals surface area contributed by atoms with E-state index in [0.717, 1.165) is 208 Å². The van der Waals surface area contributed by atoms with Crippen LogP contribution in [0.4, 0.5) is 30.2 Å². The number of unbranched alkanes of at least 4 members (excludes halogenated alkanes) is 6. The lowest BCUT2D eigenvalue weighted by atomic mass is 9.79. The fourth-order valence-corrected chi connectivity index (χ4v) is 16.5. The molecule has 5 aliphatic rings. The zero-order chi connectivity index (χ0) is 85.3. The quantitative estimate of drug-likeness (QED) is 0.0184. The first-order chi connectivity index (χ1) is 56.2. The van der Waals surface area contributed by atoms with Crippen LogP contribution in [0.5, 0.6) is 0 Å². The van der Waals surface area contributed by atoms with Gasteiger partial charge in [0, 0.05) is 85.9 Å². The largest absolute Gasteiger partial charge is 0.532 e. The minimum absolute atomic E-state index is 0.00107. The Morgan fingerprint density at radius 2 is 1.03 bits per heavy atom. The molecule has 2 atom stereocenters. The van der Waals surface area contributed by atoms with Crippen LogP contribution in [0.15, 0.2) is 191 Å². The molecule has 117 heavy (non-hydrogen) atoms. The highest BCUT2D eigenvalue weighted by Crippen LogP contribution is 2.49. The molecule has 10 rings (SSSR count). The van der Waals surface area contributed by atoms with E-state index in [-0.39, 0.29) is 81.2 Å². The summed E-state index contributed by atoms with van der Waals surface area (Å²) in [7, 11) is -3.11. The summed E-state index contributed by atoms with van der Waals surface area (Å²) in [5.74, 6) is -0.834. The number of halogens is 3. The predicted octanol–water partition coefficient (Wildman–Crippen LogP) is 22.1. The number of carbonyl (C=O) groups is 2. The Balaban J connectivity index is 0.00000204. The molecule has 0 saturated carbocycles. The van der Waals surface area contributed by atoms with Crippen LogP contribution in [0.2, 0.25) is 0 Å². The molecular weight excluding hydrogens is 1490 g/mol. The summed E-state index contributed by atoms with van der Waals surface area (Å²) < 4.78 is 56.6. The van der Waals surface area contributed by atoms with Gasteiger partial charge in [-0.25, -0.2) is 9.42 Å². The highest BCUT2D eigenvalue weighted by molar-refractivity contribution is 7.59. The molecule has 21 heteroatoms. The van der Waals surface area contributed by atoms with Gasteiger partial charge < -0.3 is 37.7 Å². The van der Waals surface area contributed by atoms with Crippen molar-refractivity contribution in [3.8, 4) is 18.2 Å². The maximum Gasteiger partial charge on any atom is 0.532 e. The Morgan fingerprint density at radius 3 is 1.45 bits per heavy atom. The number of benzene rings is 5. The van der Waals surface area contributed by atoms with Gasteiger partial charge in [-0.3, -0.25) is 9.59 Å². The maximum absolute atomic E-state index is 15.2. The fraction of sp³-hybridized carbons (Fsp3) is 0.396. The summed E-state index contributed by atoms with van der Waals surface area (Å²) in [4.78, 5) is 51.8. The third-order valence-corrected chi connectivity index (χ3v) is 22.3. The molecule has 4 aliphatic heterocycles. The summed E-state index contributed by atoms with van der Waals surface area (Å²) in [5.41, 5.74) is 15.1. The standard InChI is InChI=1S/C95H107N12O2.CF3.O3S/c1-16-22-51-102(52-23-17-2)77-45-39-72(40-46-77)79(70-35-31-68(32-36-70)64-104-89(76(61-96)62-97)83(63-98)86(92(104)108)74-43-49-84-81(57-74)66(7)59-94(9,10)106(84)55-26-20-5)29-28-30-80(73-41-47-78(48-42-73)103(53-24-18-3)54-25-19-4)71-37-33-69(34-38-71)65-105-90(91(100-14)101-15)88(99-13)87(93(105)109)75-44-50-85-82(58-75)67(8)60-95(11,12)107(85)56-27-21-6;2-1(3)4;1-4(2)3/h28-50,57-58,66-67H,16-27,51-56,59-60,64-65H2,1-12H3;;/q+1;-1;. The van der Waals surface area contributed by atoms with Crippen molar-refractivity contribution in [3.05, 3.63) is 282 Å². The fourth-order valence-electron chi connectivity index (χ4n) is 16.5. The van der Waals surface area contributed by atoms with E-state index < -0.39 is 29.1 Å². The molecule has 2 amide bonds. The number of fused-ring (bicyclic) bond motifs is 2. The number of hydrogen-bond acceptors (Lipinski definition) is 11. The van der Waals surface area contributed by atoms with E-state index in [1.54, 1.807) is 0 Å². The highest BCUT2D eigenvalue weighted by Gasteiger charge is 2.45. The maximum atomic E-state index is 15.2. The Labute approximate surface area is 692 Å². The van der Waals surface area contributed by atoms with Crippen LogP contribution in [-0.4, -0.2) is 94.9 Å². The van der Waals surface area contributed by atoms with Gasteiger partial charge in [-0.1, -0.05) is 185 Å². The number of hydrogen-bond donors (Lipinski definition) is 0. The summed E-state index contributed by atoms with van der Waals surface area (Å²) in [5, 5.41) is 31.9. The van der Waals surface area contributed by atoms with Crippen LogP contribution in [0.1, 0.15) is 235 Å². The highest BCUT2D eigenvalue weighted by atomic mass is 32.2. The third-order valence-electron chi connectivity index (χ3n) is 22.3. The molecule has 5 aromatic carbocycles. The first kappa shape index (κ1) is 90.7. The molecule has 0 bridgehead atoms. The number of anilines is 3. The number of carbonyl (C=O) groups excluding carboxylic acids is 2. The molecular formula is C96H107F3N12O5S. The number of nitrogens with zero attached hydrogens (tertiary/aromatic N) is 12. The minimum Gasteiger partial charge on any atom is -0.385 e.